The second kappa shape index (κ2) is 4.82. The number of alkyl halides is 3. The van der Waals surface area contributed by atoms with E-state index in [9.17, 15) is 13.2 Å². The van der Waals surface area contributed by atoms with Crippen LogP contribution in [0.1, 0.15) is 11.1 Å². The van der Waals surface area contributed by atoms with Crippen LogP contribution < -0.4 is 0 Å². The number of benzene rings is 1. The summed E-state index contributed by atoms with van der Waals surface area (Å²) in [6.45, 7) is 0. The lowest BCUT2D eigenvalue weighted by Crippen LogP contribution is -2.08. The van der Waals surface area contributed by atoms with Gasteiger partial charge in [-0.2, -0.15) is 13.2 Å². The lowest BCUT2D eigenvalue weighted by Gasteiger charge is -2.09. The van der Waals surface area contributed by atoms with Gasteiger partial charge < -0.3 is 0 Å². The second-order valence-electron chi connectivity index (χ2n) is 3.14. The van der Waals surface area contributed by atoms with E-state index in [1.807, 2.05) is 0 Å². The molecular formula is C9H6F3N6-. The fraction of sp³-hybridized carbons (Fsp3) is 0.111. The average molecular weight is 255 g/mol. The van der Waals surface area contributed by atoms with Crippen LogP contribution in [0.15, 0.2) is 29.4 Å². The maximum Gasteiger partial charge on any atom is 0.417 e. The van der Waals surface area contributed by atoms with E-state index >= 15 is 0 Å². The minimum absolute atomic E-state index is 0.0595. The zero-order chi connectivity index (χ0) is 13.0. The van der Waals surface area contributed by atoms with Gasteiger partial charge in [0.1, 0.15) is 0 Å². The van der Waals surface area contributed by atoms with E-state index in [1.54, 1.807) is 0 Å². The largest absolute Gasteiger partial charge is 0.417 e. The highest BCUT2D eigenvalue weighted by Gasteiger charge is 2.32. The van der Waals surface area contributed by atoms with E-state index in [0.717, 1.165) is 12.3 Å². The molecule has 18 heavy (non-hydrogen) atoms. The van der Waals surface area contributed by atoms with Crippen LogP contribution in [-0.4, -0.2) is 26.8 Å². The first kappa shape index (κ1) is 12.0. The van der Waals surface area contributed by atoms with Crippen LogP contribution in [0.3, 0.4) is 0 Å². The van der Waals surface area contributed by atoms with Crippen molar-refractivity contribution in [2.24, 2.45) is 5.10 Å². The average Bonchev–Trinajstić information content (AvgIpc) is 2.81. The van der Waals surface area contributed by atoms with E-state index in [0.29, 0.717) is 0 Å². The molecule has 0 amide bonds. The van der Waals surface area contributed by atoms with Crippen molar-refractivity contribution in [1.29, 1.82) is 0 Å². The van der Waals surface area contributed by atoms with Gasteiger partial charge in [0.2, 0.25) is 0 Å². The SMILES string of the molecule is FC(F)(F)c1ccccc1/C=N\[N-]c1nn[nH]n1. The fourth-order valence-electron chi connectivity index (χ4n) is 1.21. The van der Waals surface area contributed by atoms with Crippen LogP contribution in [0.2, 0.25) is 0 Å². The number of H-pyrrole nitrogens is 1. The van der Waals surface area contributed by atoms with Gasteiger partial charge in [-0.25, -0.2) is 5.10 Å². The molecule has 6 nitrogen and oxygen atoms in total. The van der Waals surface area contributed by atoms with Crippen molar-refractivity contribution < 1.29 is 13.2 Å². The molecule has 0 bridgehead atoms. The molecule has 0 aliphatic carbocycles. The summed E-state index contributed by atoms with van der Waals surface area (Å²) in [5.74, 6) is -0.0595. The quantitative estimate of drug-likeness (QED) is 0.674. The summed E-state index contributed by atoms with van der Waals surface area (Å²) in [5.41, 5.74) is 2.60. The zero-order valence-electron chi connectivity index (χ0n) is 8.76. The number of tetrazole rings is 1. The van der Waals surface area contributed by atoms with Crippen molar-refractivity contribution in [3.8, 4) is 0 Å². The van der Waals surface area contributed by atoms with E-state index in [-0.39, 0.29) is 11.5 Å². The van der Waals surface area contributed by atoms with Crippen molar-refractivity contribution in [3.05, 3.63) is 40.8 Å². The lowest BCUT2D eigenvalue weighted by atomic mass is 10.1. The summed E-state index contributed by atoms with van der Waals surface area (Å²) in [5, 5.41) is 15.8. The van der Waals surface area contributed by atoms with Gasteiger partial charge in [-0.3, -0.25) is 20.8 Å². The standard InChI is InChI=1S/C9H6F3N6/c10-9(11,12)7-4-2-1-3-6(7)5-13-14-8-15-17-18-16-8/h1-5H,(H-,14,15,16,17,18)/q-1/b13-5-. The number of halogens is 3. The molecule has 1 aromatic carbocycles. The monoisotopic (exact) mass is 255 g/mol. The number of nitrogens with zero attached hydrogens (tertiary/aromatic N) is 5. The van der Waals surface area contributed by atoms with Gasteiger partial charge in [0.25, 0.3) is 0 Å². The molecule has 2 rings (SSSR count). The summed E-state index contributed by atoms with van der Waals surface area (Å²) in [7, 11) is 0. The third-order valence-corrected chi connectivity index (χ3v) is 1.94. The molecule has 1 N–H and O–H groups in total. The highest BCUT2D eigenvalue weighted by molar-refractivity contribution is 5.82. The number of hydrogen-bond acceptors (Lipinski definition) is 4. The molecule has 0 aliphatic rings. The van der Waals surface area contributed by atoms with Crippen molar-refractivity contribution in [2.45, 2.75) is 6.18 Å². The molecule has 0 spiro atoms. The third kappa shape index (κ3) is 2.81. The Balaban J connectivity index is 2.16. The van der Waals surface area contributed by atoms with E-state index < -0.39 is 11.7 Å². The number of nitrogens with one attached hydrogen (secondary N) is 1. The van der Waals surface area contributed by atoms with Gasteiger partial charge >= 0.3 is 6.18 Å². The van der Waals surface area contributed by atoms with Gasteiger partial charge in [-0.1, -0.05) is 18.2 Å². The highest BCUT2D eigenvalue weighted by atomic mass is 19.4. The predicted molar refractivity (Wildman–Crippen MR) is 56.2 cm³/mol. The van der Waals surface area contributed by atoms with Gasteiger partial charge in [0.05, 0.1) is 11.5 Å². The minimum atomic E-state index is -4.44. The Kier molecular flexibility index (Phi) is 3.22. The molecular weight excluding hydrogens is 249 g/mol. The number of aromatic amines is 1. The summed E-state index contributed by atoms with van der Waals surface area (Å²) < 4.78 is 37.9. The van der Waals surface area contributed by atoms with E-state index in [1.165, 1.54) is 18.2 Å². The molecule has 0 saturated heterocycles. The molecule has 0 radical (unpaired) electrons. The second-order valence-corrected chi connectivity index (χ2v) is 3.14. The van der Waals surface area contributed by atoms with Crippen molar-refractivity contribution in [2.75, 3.05) is 0 Å². The third-order valence-electron chi connectivity index (χ3n) is 1.94. The first-order chi connectivity index (χ1) is 8.57. The molecule has 0 aliphatic heterocycles. The molecule has 1 aromatic heterocycles. The molecule has 1 heterocycles. The first-order valence-corrected chi connectivity index (χ1v) is 4.71. The highest BCUT2D eigenvalue weighted by Crippen LogP contribution is 2.31. The lowest BCUT2D eigenvalue weighted by molar-refractivity contribution is -0.137. The Morgan fingerprint density at radius 1 is 1.28 bits per heavy atom. The number of rotatable bonds is 3. The first-order valence-electron chi connectivity index (χ1n) is 4.71. The molecule has 2 aromatic rings. The van der Waals surface area contributed by atoms with Gasteiger partial charge in [0, 0.05) is 11.8 Å². The van der Waals surface area contributed by atoms with Crippen molar-refractivity contribution in [1.82, 2.24) is 20.6 Å². The Hall–Kier alpha value is -2.45. The van der Waals surface area contributed by atoms with Crippen LogP contribution in [-0.2, 0) is 6.18 Å². The normalized spacial score (nSPS) is 11.9. The number of aromatic nitrogens is 4. The molecule has 94 valence electrons. The summed E-state index contributed by atoms with van der Waals surface area (Å²) in [4.78, 5) is 0. The summed E-state index contributed by atoms with van der Waals surface area (Å²) in [6, 6.07) is 5.04. The Morgan fingerprint density at radius 2 is 2.06 bits per heavy atom. The van der Waals surface area contributed by atoms with Crippen LogP contribution >= 0.6 is 0 Å². The smallest absolute Gasteiger partial charge is 0.277 e. The van der Waals surface area contributed by atoms with Crippen LogP contribution in [0, 0.1) is 0 Å². The van der Waals surface area contributed by atoms with Crippen LogP contribution in [0.4, 0.5) is 19.1 Å². The van der Waals surface area contributed by atoms with E-state index in [2.05, 4.69) is 31.2 Å². The minimum Gasteiger partial charge on any atom is -0.277 e. The van der Waals surface area contributed by atoms with Crippen LogP contribution in [0.5, 0.6) is 0 Å². The van der Waals surface area contributed by atoms with Gasteiger partial charge in [-0.05, 0) is 6.07 Å². The maximum atomic E-state index is 12.6. The number of hydrogen-bond donors (Lipinski definition) is 1. The predicted octanol–water partition coefficient (Wildman–Crippen LogP) is 2.26. The molecule has 9 heteroatoms. The Morgan fingerprint density at radius 3 is 2.72 bits per heavy atom. The van der Waals surface area contributed by atoms with Gasteiger partial charge in [0.15, 0.2) is 0 Å². The van der Waals surface area contributed by atoms with Crippen molar-refractivity contribution in [3.63, 3.8) is 0 Å². The van der Waals surface area contributed by atoms with E-state index in [4.69, 9.17) is 0 Å². The topological polar surface area (TPSA) is 80.9 Å². The fourth-order valence-corrected chi connectivity index (χ4v) is 1.21. The molecule has 0 atom stereocenters. The van der Waals surface area contributed by atoms with Crippen molar-refractivity contribution >= 4 is 12.2 Å². The Labute approximate surface area is 98.9 Å². The molecule has 0 fully saturated rings. The van der Waals surface area contributed by atoms with Crippen LogP contribution in [0.25, 0.3) is 5.43 Å². The summed E-state index contributed by atoms with van der Waals surface area (Å²) in [6.07, 6.45) is -3.45. The zero-order valence-corrected chi connectivity index (χ0v) is 8.76. The molecule has 0 unspecified atom stereocenters. The van der Waals surface area contributed by atoms with Gasteiger partial charge in [-0.15, -0.1) is 5.21 Å². The maximum absolute atomic E-state index is 12.6. The Bertz CT molecular complexity index is 533. The summed E-state index contributed by atoms with van der Waals surface area (Å²) >= 11 is 0. The molecule has 0 saturated carbocycles.